The molecule has 0 aliphatic carbocycles. The molecule has 1 amide bonds. The molecular weight excluding hydrogens is 388 g/mol. The maximum atomic E-state index is 13.3. The molecule has 1 aliphatic rings. The summed E-state index contributed by atoms with van der Waals surface area (Å²) >= 11 is 1.21. The van der Waals surface area contributed by atoms with E-state index >= 15 is 0 Å². The summed E-state index contributed by atoms with van der Waals surface area (Å²) in [6, 6.07) is 7.32. The van der Waals surface area contributed by atoms with Gasteiger partial charge in [0, 0.05) is 24.7 Å². The highest BCUT2D eigenvalue weighted by Gasteiger charge is 2.34. The minimum atomic E-state index is -1.02. The van der Waals surface area contributed by atoms with Gasteiger partial charge in [-0.2, -0.15) is 9.47 Å². The molecule has 2 atom stereocenters. The van der Waals surface area contributed by atoms with Gasteiger partial charge in [-0.05, 0) is 57.3 Å². The molecule has 29 heavy (non-hydrogen) atoms. The van der Waals surface area contributed by atoms with E-state index in [0.717, 1.165) is 19.1 Å². The fourth-order valence-electron chi connectivity index (χ4n) is 3.32. The lowest BCUT2D eigenvalue weighted by atomic mass is 9.92. The first-order valence-electron chi connectivity index (χ1n) is 9.56. The molecule has 0 bridgehead atoms. The monoisotopic (exact) mass is 414 g/mol. The Bertz CT molecular complexity index is 904. The number of carbonyl (C=O) groups is 1. The molecule has 1 aromatic carbocycles. The zero-order valence-electron chi connectivity index (χ0n) is 16.8. The molecule has 0 radical (unpaired) electrons. The number of benzene rings is 1. The highest BCUT2D eigenvalue weighted by atomic mass is 32.1. The molecule has 1 aromatic heterocycles. The minimum Gasteiger partial charge on any atom is -0.383 e. The van der Waals surface area contributed by atoms with Gasteiger partial charge in [0.05, 0.1) is 17.5 Å². The molecule has 2 aromatic rings. The van der Waals surface area contributed by atoms with E-state index in [0.29, 0.717) is 28.6 Å². The zero-order chi connectivity index (χ0) is 21.0. The predicted octanol–water partition coefficient (Wildman–Crippen LogP) is 3.22. The van der Waals surface area contributed by atoms with Crippen LogP contribution in [0.15, 0.2) is 29.4 Å². The number of nitrogens with zero attached hydrogens (tertiary/aromatic N) is 4. The van der Waals surface area contributed by atoms with Crippen LogP contribution in [0.4, 0.5) is 5.69 Å². The average molecular weight is 415 g/mol. The lowest BCUT2D eigenvalue weighted by molar-refractivity contribution is 0.0603. The summed E-state index contributed by atoms with van der Waals surface area (Å²) < 4.78 is 4.45. The molecule has 2 heterocycles. The number of carbonyl (C=O) groups excluding carboxylic acids is 1. The Labute approximate surface area is 174 Å². The van der Waals surface area contributed by atoms with Crippen LogP contribution >= 0.6 is 11.5 Å². The average Bonchev–Trinajstić information content (AvgIpc) is 3.19. The Hall–Kier alpha value is -2.65. The third kappa shape index (κ3) is 4.86. The van der Waals surface area contributed by atoms with Crippen LogP contribution in [-0.4, -0.2) is 50.3 Å². The Morgan fingerprint density at radius 3 is 2.86 bits per heavy atom. The minimum absolute atomic E-state index is 0.0403. The smallest absolute Gasteiger partial charge is 0.256 e. The topological polar surface area (TPSA) is 115 Å². The Morgan fingerprint density at radius 2 is 2.17 bits per heavy atom. The second kappa shape index (κ2) is 8.79. The fourth-order valence-corrected chi connectivity index (χ4v) is 4.04. The molecule has 0 spiro atoms. The number of piperidine rings is 1. The summed E-state index contributed by atoms with van der Waals surface area (Å²) in [5.41, 5.74) is 2.94. The van der Waals surface area contributed by atoms with Crippen molar-refractivity contribution in [3.05, 3.63) is 40.7 Å². The summed E-state index contributed by atoms with van der Waals surface area (Å²) in [6.07, 6.45) is 4.14. The van der Waals surface area contributed by atoms with Gasteiger partial charge in [-0.25, -0.2) is 4.98 Å². The Balaban J connectivity index is 1.81. The zero-order valence-corrected chi connectivity index (χ0v) is 17.6. The summed E-state index contributed by atoms with van der Waals surface area (Å²) in [5.74, 6) is 0.658. The van der Waals surface area contributed by atoms with Crippen LogP contribution in [-0.2, 0) is 5.60 Å². The first kappa shape index (κ1) is 21.1. The summed E-state index contributed by atoms with van der Waals surface area (Å²) in [5, 5.41) is 21.7. The van der Waals surface area contributed by atoms with Crippen molar-refractivity contribution in [3.8, 4) is 0 Å². The van der Waals surface area contributed by atoms with Crippen molar-refractivity contribution in [1.82, 2.24) is 14.3 Å². The van der Waals surface area contributed by atoms with E-state index in [1.807, 2.05) is 24.0 Å². The van der Waals surface area contributed by atoms with E-state index < -0.39 is 5.60 Å². The highest BCUT2D eigenvalue weighted by molar-refractivity contribution is 7.05. The van der Waals surface area contributed by atoms with Gasteiger partial charge in [-0.1, -0.05) is 12.1 Å². The van der Waals surface area contributed by atoms with Crippen LogP contribution in [0.25, 0.3) is 0 Å². The number of aromatic nitrogens is 2. The number of aliphatic hydroxyl groups is 1. The number of anilines is 1. The van der Waals surface area contributed by atoms with Gasteiger partial charge in [-0.3, -0.25) is 10.2 Å². The van der Waals surface area contributed by atoms with E-state index in [1.54, 1.807) is 26.0 Å². The second-order valence-corrected chi connectivity index (χ2v) is 8.45. The number of hydrogen-bond donors (Lipinski definition) is 3. The van der Waals surface area contributed by atoms with E-state index in [1.165, 1.54) is 17.7 Å². The van der Waals surface area contributed by atoms with Crippen LogP contribution in [0.2, 0.25) is 0 Å². The van der Waals surface area contributed by atoms with Crippen molar-refractivity contribution < 1.29 is 9.90 Å². The largest absolute Gasteiger partial charge is 0.383 e. The highest BCUT2D eigenvalue weighted by Crippen LogP contribution is 2.32. The SMILES string of the molecule is C[C@@H]1CC[C@@H](c2nsc(C(C)(C)O)n2)CN1C(=O)c1ccccc1N/N=C\C=N. The van der Waals surface area contributed by atoms with Crippen LogP contribution in [0.1, 0.15) is 60.7 Å². The number of amides is 1. The summed E-state index contributed by atoms with van der Waals surface area (Å²) in [4.78, 5) is 19.7. The van der Waals surface area contributed by atoms with Crippen LogP contribution in [0.5, 0.6) is 0 Å². The second-order valence-electron chi connectivity index (χ2n) is 7.70. The van der Waals surface area contributed by atoms with Gasteiger partial charge in [-0.15, -0.1) is 0 Å². The standard InChI is InChI=1S/C20H26N6O2S/c1-13-8-9-14(17-23-19(29-25-17)20(2,3)28)12-26(13)18(27)15-6-4-5-7-16(15)24-22-11-10-21/h4-7,10-11,13-14,21,24,28H,8-9,12H2,1-3H3/b21-10?,22-11-/t13-,14-/m1/s1. The maximum Gasteiger partial charge on any atom is 0.256 e. The summed E-state index contributed by atoms with van der Waals surface area (Å²) in [6.45, 7) is 5.97. The van der Waals surface area contributed by atoms with Crippen LogP contribution < -0.4 is 5.43 Å². The van der Waals surface area contributed by atoms with Gasteiger partial charge in [0.25, 0.3) is 5.91 Å². The molecule has 0 unspecified atom stereocenters. The number of para-hydroxylation sites is 1. The lowest BCUT2D eigenvalue weighted by Crippen LogP contribution is -2.45. The number of nitrogens with one attached hydrogen (secondary N) is 2. The molecule has 3 N–H and O–H groups in total. The fraction of sp³-hybridized carbons (Fsp3) is 0.450. The molecule has 1 aliphatic heterocycles. The van der Waals surface area contributed by atoms with Gasteiger partial charge >= 0.3 is 0 Å². The van der Waals surface area contributed by atoms with Crippen LogP contribution in [0.3, 0.4) is 0 Å². The quantitative estimate of drug-likeness (QED) is 0.496. The van der Waals surface area contributed by atoms with Crippen molar-refractivity contribution in [2.45, 2.75) is 51.2 Å². The molecule has 0 saturated carbocycles. The lowest BCUT2D eigenvalue weighted by Gasteiger charge is -2.37. The van der Waals surface area contributed by atoms with Gasteiger partial charge in [0.2, 0.25) is 0 Å². The van der Waals surface area contributed by atoms with Crippen molar-refractivity contribution in [2.75, 3.05) is 12.0 Å². The van der Waals surface area contributed by atoms with E-state index in [2.05, 4.69) is 19.9 Å². The molecule has 154 valence electrons. The molecule has 8 nitrogen and oxygen atoms in total. The van der Waals surface area contributed by atoms with Crippen molar-refractivity contribution >= 4 is 35.6 Å². The number of rotatable bonds is 6. The molecule has 1 saturated heterocycles. The number of hydrogen-bond acceptors (Lipinski definition) is 8. The molecule has 3 rings (SSSR count). The number of hydrazone groups is 1. The van der Waals surface area contributed by atoms with Crippen LogP contribution in [0, 0.1) is 5.41 Å². The Morgan fingerprint density at radius 1 is 1.41 bits per heavy atom. The first-order chi connectivity index (χ1) is 13.8. The van der Waals surface area contributed by atoms with E-state index in [-0.39, 0.29) is 17.9 Å². The third-order valence-corrected chi connectivity index (χ3v) is 6.01. The third-order valence-electron chi connectivity index (χ3n) is 4.96. The normalized spacial score (nSPS) is 20.1. The molecule has 1 fully saturated rings. The van der Waals surface area contributed by atoms with Gasteiger partial charge in [0.15, 0.2) is 0 Å². The van der Waals surface area contributed by atoms with Gasteiger partial charge < -0.3 is 15.4 Å². The first-order valence-corrected chi connectivity index (χ1v) is 10.3. The maximum absolute atomic E-state index is 13.3. The Kier molecular flexibility index (Phi) is 6.39. The van der Waals surface area contributed by atoms with Crippen molar-refractivity contribution in [1.29, 1.82) is 5.41 Å². The molecular formula is C20H26N6O2S. The van der Waals surface area contributed by atoms with E-state index in [9.17, 15) is 9.90 Å². The number of likely N-dealkylation sites (tertiary alicyclic amines) is 1. The van der Waals surface area contributed by atoms with E-state index in [4.69, 9.17) is 5.41 Å². The van der Waals surface area contributed by atoms with Crippen molar-refractivity contribution in [2.24, 2.45) is 5.10 Å². The van der Waals surface area contributed by atoms with Gasteiger partial charge in [0.1, 0.15) is 16.4 Å². The predicted molar refractivity (Wildman–Crippen MR) is 115 cm³/mol. The van der Waals surface area contributed by atoms with Crippen molar-refractivity contribution in [3.63, 3.8) is 0 Å². The molecule has 9 heteroatoms. The summed E-state index contributed by atoms with van der Waals surface area (Å²) in [7, 11) is 0.